The van der Waals surface area contributed by atoms with Crippen molar-refractivity contribution in [1.29, 1.82) is 5.26 Å². The van der Waals surface area contributed by atoms with Crippen molar-refractivity contribution in [2.45, 2.75) is 6.54 Å². The van der Waals surface area contributed by atoms with Crippen molar-refractivity contribution in [2.75, 3.05) is 5.32 Å². The molecule has 3 aromatic rings. The largest absolute Gasteiger partial charge is 0.347 e. The number of hydrogen-bond donors (Lipinski definition) is 2. The maximum atomic E-state index is 12.3. The Balaban J connectivity index is 1.65. The standard InChI is InChI=1S/C20H15N5O2/c21-11-14-6-8-16(9-7-14)24-20(27)18-5-1-4-17(25-18)19(26)23-13-15-3-2-10-22-12-15/h1-10,12H,13H2,(H,23,26)(H,24,27). The van der Waals surface area contributed by atoms with Crippen LogP contribution < -0.4 is 10.6 Å². The summed E-state index contributed by atoms with van der Waals surface area (Å²) in [5.41, 5.74) is 2.16. The molecule has 132 valence electrons. The lowest BCUT2D eigenvalue weighted by Crippen LogP contribution is -2.25. The number of amides is 2. The van der Waals surface area contributed by atoms with Crippen molar-refractivity contribution >= 4 is 17.5 Å². The molecule has 0 fully saturated rings. The minimum absolute atomic E-state index is 0.119. The van der Waals surface area contributed by atoms with Crippen LogP contribution in [0.15, 0.2) is 67.0 Å². The first-order valence-corrected chi connectivity index (χ1v) is 8.11. The van der Waals surface area contributed by atoms with E-state index in [-0.39, 0.29) is 17.3 Å². The summed E-state index contributed by atoms with van der Waals surface area (Å²) in [4.78, 5) is 32.7. The highest BCUT2D eigenvalue weighted by atomic mass is 16.2. The summed E-state index contributed by atoms with van der Waals surface area (Å²) in [5.74, 6) is -0.825. The van der Waals surface area contributed by atoms with Gasteiger partial charge in [0.2, 0.25) is 0 Å². The number of nitrogens with zero attached hydrogens (tertiary/aromatic N) is 3. The molecule has 0 bridgehead atoms. The number of aromatic nitrogens is 2. The number of anilines is 1. The van der Waals surface area contributed by atoms with Gasteiger partial charge >= 0.3 is 0 Å². The smallest absolute Gasteiger partial charge is 0.274 e. The van der Waals surface area contributed by atoms with E-state index in [0.717, 1.165) is 5.56 Å². The topological polar surface area (TPSA) is 108 Å². The van der Waals surface area contributed by atoms with E-state index < -0.39 is 5.91 Å². The number of pyridine rings is 2. The van der Waals surface area contributed by atoms with Gasteiger partial charge in [-0.2, -0.15) is 5.26 Å². The Bertz CT molecular complexity index is 995. The van der Waals surface area contributed by atoms with Crippen LogP contribution in [0.3, 0.4) is 0 Å². The Morgan fingerprint density at radius 3 is 2.37 bits per heavy atom. The predicted octanol–water partition coefficient (Wildman–Crippen LogP) is 2.53. The normalized spacial score (nSPS) is 9.89. The van der Waals surface area contributed by atoms with Gasteiger partial charge in [0.05, 0.1) is 11.6 Å². The van der Waals surface area contributed by atoms with Crippen molar-refractivity contribution in [2.24, 2.45) is 0 Å². The second-order valence-corrected chi connectivity index (χ2v) is 5.60. The highest BCUT2D eigenvalue weighted by molar-refractivity contribution is 6.03. The Labute approximate surface area is 155 Å². The van der Waals surface area contributed by atoms with Gasteiger partial charge in [-0.25, -0.2) is 4.98 Å². The van der Waals surface area contributed by atoms with Crippen LogP contribution in [0.2, 0.25) is 0 Å². The zero-order chi connectivity index (χ0) is 19.1. The van der Waals surface area contributed by atoms with Gasteiger partial charge in [0.25, 0.3) is 11.8 Å². The molecule has 0 atom stereocenters. The van der Waals surface area contributed by atoms with Crippen LogP contribution in [0.4, 0.5) is 5.69 Å². The Morgan fingerprint density at radius 2 is 1.70 bits per heavy atom. The monoisotopic (exact) mass is 357 g/mol. The van der Waals surface area contributed by atoms with E-state index in [1.165, 1.54) is 12.1 Å². The predicted molar refractivity (Wildman–Crippen MR) is 98.8 cm³/mol. The number of rotatable bonds is 5. The van der Waals surface area contributed by atoms with Gasteiger partial charge in [-0.05, 0) is 48.0 Å². The van der Waals surface area contributed by atoms with Crippen LogP contribution in [0.25, 0.3) is 0 Å². The van der Waals surface area contributed by atoms with Crippen molar-refractivity contribution in [3.05, 3.63) is 89.5 Å². The van der Waals surface area contributed by atoms with Crippen LogP contribution >= 0.6 is 0 Å². The van der Waals surface area contributed by atoms with Crippen molar-refractivity contribution < 1.29 is 9.59 Å². The molecule has 1 aromatic carbocycles. The summed E-state index contributed by atoms with van der Waals surface area (Å²) in [5, 5.41) is 14.2. The molecule has 2 amide bonds. The van der Waals surface area contributed by atoms with Crippen LogP contribution in [-0.4, -0.2) is 21.8 Å². The van der Waals surface area contributed by atoms with Gasteiger partial charge in [-0.3, -0.25) is 14.6 Å². The molecular weight excluding hydrogens is 342 g/mol. The van der Waals surface area contributed by atoms with Crippen LogP contribution in [-0.2, 0) is 6.54 Å². The molecule has 0 radical (unpaired) electrons. The van der Waals surface area contributed by atoms with Gasteiger partial charge in [0.15, 0.2) is 0 Å². The summed E-state index contributed by atoms with van der Waals surface area (Å²) in [6.45, 7) is 0.315. The van der Waals surface area contributed by atoms with Gasteiger partial charge in [0, 0.05) is 24.6 Å². The van der Waals surface area contributed by atoms with E-state index in [1.54, 1.807) is 48.8 Å². The lowest BCUT2D eigenvalue weighted by Gasteiger charge is -2.07. The van der Waals surface area contributed by atoms with Gasteiger partial charge < -0.3 is 10.6 Å². The lowest BCUT2D eigenvalue weighted by atomic mass is 10.2. The van der Waals surface area contributed by atoms with Gasteiger partial charge in [-0.15, -0.1) is 0 Å². The molecule has 0 aliphatic heterocycles. The molecule has 2 N–H and O–H groups in total. The van der Waals surface area contributed by atoms with E-state index >= 15 is 0 Å². The molecule has 0 aliphatic carbocycles. The molecule has 0 aliphatic rings. The minimum atomic E-state index is -0.443. The van der Waals surface area contributed by atoms with Crippen LogP contribution in [0, 0.1) is 11.3 Å². The number of nitrogens with one attached hydrogen (secondary N) is 2. The first-order chi connectivity index (χ1) is 13.2. The molecule has 27 heavy (non-hydrogen) atoms. The quantitative estimate of drug-likeness (QED) is 0.729. The van der Waals surface area contributed by atoms with Crippen molar-refractivity contribution in [3.63, 3.8) is 0 Å². The number of nitriles is 1. The molecule has 0 saturated heterocycles. The molecule has 0 unspecified atom stereocenters. The molecule has 2 aromatic heterocycles. The summed E-state index contributed by atoms with van der Waals surface area (Å²) >= 11 is 0. The molecule has 0 saturated carbocycles. The summed E-state index contributed by atoms with van der Waals surface area (Å²) < 4.78 is 0. The SMILES string of the molecule is N#Cc1ccc(NC(=O)c2cccc(C(=O)NCc3cccnc3)n2)cc1. The molecule has 7 nitrogen and oxygen atoms in total. The number of hydrogen-bond acceptors (Lipinski definition) is 5. The maximum Gasteiger partial charge on any atom is 0.274 e. The third-order valence-electron chi connectivity index (χ3n) is 3.66. The zero-order valence-electron chi connectivity index (χ0n) is 14.2. The molecule has 3 rings (SSSR count). The second kappa shape index (κ2) is 8.36. The molecular formula is C20H15N5O2. The van der Waals surface area contributed by atoms with E-state index in [0.29, 0.717) is 17.8 Å². The maximum absolute atomic E-state index is 12.3. The highest BCUT2D eigenvalue weighted by Crippen LogP contribution is 2.10. The second-order valence-electron chi connectivity index (χ2n) is 5.60. The molecule has 2 heterocycles. The van der Waals surface area contributed by atoms with Crippen LogP contribution in [0.1, 0.15) is 32.1 Å². The minimum Gasteiger partial charge on any atom is -0.347 e. The zero-order valence-corrected chi connectivity index (χ0v) is 14.2. The molecule has 0 spiro atoms. The fourth-order valence-corrected chi connectivity index (χ4v) is 2.29. The van der Waals surface area contributed by atoms with E-state index in [1.807, 2.05) is 12.1 Å². The molecule has 7 heteroatoms. The highest BCUT2D eigenvalue weighted by Gasteiger charge is 2.12. The fourth-order valence-electron chi connectivity index (χ4n) is 2.29. The number of carbonyl (C=O) groups excluding carboxylic acids is 2. The fraction of sp³-hybridized carbons (Fsp3) is 0.0500. The van der Waals surface area contributed by atoms with E-state index in [2.05, 4.69) is 20.6 Å². The van der Waals surface area contributed by atoms with E-state index in [4.69, 9.17) is 5.26 Å². The average Bonchev–Trinajstić information content (AvgIpc) is 2.73. The van der Waals surface area contributed by atoms with Crippen LogP contribution in [0.5, 0.6) is 0 Å². The lowest BCUT2D eigenvalue weighted by molar-refractivity contribution is 0.0945. The Morgan fingerprint density at radius 1 is 0.963 bits per heavy atom. The first kappa shape index (κ1) is 17.8. The first-order valence-electron chi connectivity index (χ1n) is 8.11. The van der Waals surface area contributed by atoms with Gasteiger partial charge in [0.1, 0.15) is 11.4 Å². The van der Waals surface area contributed by atoms with Gasteiger partial charge in [-0.1, -0.05) is 12.1 Å². The summed E-state index contributed by atoms with van der Waals surface area (Å²) in [7, 11) is 0. The summed E-state index contributed by atoms with van der Waals surface area (Å²) in [6, 6.07) is 16.8. The average molecular weight is 357 g/mol. The Kier molecular flexibility index (Phi) is 5.50. The van der Waals surface area contributed by atoms with E-state index in [9.17, 15) is 9.59 Å². The van der Waals surface area contributed by atoms with Crippen molar-refractivity contribution in [3.8, 4) is 6.07 Å². The Hall–Kier alpha value is -4.05. The number of benzene rings is 1. The third-order valence-corrected chi connectivity index (χ3v) is 3.66. The third kappa shape index (κ3) is 4.74. The number of carbonyl (C=O) groups is 2. The summed E-state index contributed by atoms with van der Waals surface area (Å²) in [6.07, 6.45) is 3.32. The van der Waals surface area contributed by atoms with Crippen molar-refractivity contribution in [1.82, 2.24) is 15.3 Å².